The van der Waals surface area contributed by atoms with Crippen LogP contribution in [0.15, 0.2) is 6.07 Å². The van der Waals surface area contributed by atoms with Gasteiger partial charge in [-0.1, -0.05) is 13.8 Å². The first-order valence-electron chi connectivity index (χ1n) is 6.97. The summed E-state index contributed by atoms with van der Waals surface area (Å²) in [6.45, 7) is 11.7. The third kappa shape index (κ3) is 3.71. The van der Waals surface area contributed by atoms with E-state index in [9.17, 15) is 0 Å². The Morgan fingerprint density at radius 3 is 2.26 bits per heavy atom. The Kier molecular flexibility index (Phi) is 5.83. The average Bonchev–Trinajstić information content (AvgIpc) is 2.37. The van der Waals surface area contributed by atoms with Gasteiger partial charge in [0.1, 0.15) is 5.75 Å². The van der Waals surface area contributed by atoms with E-state index in [0.717, 1.165) is 12.3 Å². The van der Waals surface area contributed by atoms with E-state index in [-0.39, 0.29) is 0 Å². The highest BCUT2D eigenvalue weighted by molar-refractivity contribution is 5.49. The lowest BCUT2D eigenvalue weighted by atomic mass is 9.92. The first-order chi connectivity index (χ1) is 8.92. The Labute approximate surface area is 117 Å². The van der Waals surface area contributed by atoms with E-state index in [2.05, 4.69) is 51.3 Å². The predicted octanol–water partition coefficient (Wildman–Crippen LogP) is 2.88. The molecule has 0 aliphatic rings. The van der Waals surface area contributed by atoms with E-state index in [4.69, 9.17) is 4.74 Å². The Morgan fingerprint density at radius 2 is 1.79 bits per heavy atom. The van der Waals surface area contributed by atoms with Crippen molar-refractivity contribution in [3.05, 3.63) is 28.3 Å². The summed E-state index contributed by atoms with van der Waals surface area (Å²) in [6.07, 6.45) is 0. The van der Waals surface area contributed by atoms with Crippen LogP contribution in [-0.4, -0.2) is 26.7 Å². The monoisotopic (exact) mass is 264 g/mol. The van der Waals surface area contributed by atoms with E-state index >= 15 is 0 Å². The number of likely N-dealkylation sites (N-methyl/N-ethyl adjacent to an activating group) is 1. The molecule has 1 rings (SSSR count). The van der Waals surface area contributed by atoms with Crippen molar-refractivity contribution in [1.82, 2.24) is 10.6 Å². The first kappa shape index (κ1) is 16.0. The summed E-state index contributed by atoms with van der Waals surface area (Å²) >= 11 is 0. The second-order valence-corrected chi connectivity index (χ2v) is 5.46. The molecule has 0 spiro atoms. The van der Waals surface area contributed by atoms with Crippen molar-refractivity contribution in [2.45, 2.75) is 46.7 Å². The Balaban J connectivity index is 3.13. The topological polar surface area (TPSA) is 33.3 Å². The fourth-order valence-corrected chi connectivity index (χ4v) is 2.52. The van der Waals surface area contributed by atoms with Gasteiger partial charge >= 0.3 is 0 Å². The lowest BCUT2D eigenvalue weighted by Gasteiger charge is -2.25. The zero-order valence-electron chi connectivity index (χ0n) is 13.3. The Hall–Kier alpha value is -1.06. The Bertz CT molecular complexity index is 427. The van der Waals surface area contributed by atoms with Crippen LogP contribution in [0, 0.1) is 20.8 Å². The minimum atomic E-state index is 0.326. The van der Waals surface area contributed by atoms with E-state index < -0.39 is 0 Å². The number of ether oxygens (including phenoxy) is 1. The number of hydrogen-bond donors (Lipinski definition) is 2. The van der Waals surface area contributed by atoms with Crippen molar-refractivity contribution < 1.29 is 4.74 Å². The van der Waals surface area contributed by atoms with Crippen molar-refractivity contribution >= 4 is 0 Å². The van der Waals surface area contributed by atoms with Gasteiger partial charge in [-0.05, 0) is 56.1 Å². The summed E-state index contributed by atoms with van der Waals surface area (Å²) < 4.78 is 5.44. The summed E-state index contributed by atoms with van der Waals surface area (Å²) in [4.78, 5) is 0. The van der Waals surface area contributed by atoms with Crippen LogP contribution >= 0.6 is 0 Å². The van der Waals surface area contributed by atoms with Crippen molar-refractivity contribution in [2.75, 3.05) is 20.7 Å². The van der Waals surface area contributed by atoms with Gasteiger partial charge in [-0.15, -0.1) is 0 Å². The molecule has 0 saturated carbocycles. The zero-order valence-corrected chi connectivity index (χ0v) is 13.3. The second-order valence-electron chi connectivity index (χ2n) is 5.46. The fourth-order valence-electron chi connectivity index (χ4n) is 2.52. The molecule has 0 aliphatic carbocycles. The van der Waals surface area contributed by atoms with Crippen LogP contribution in [0.5, 0.6) is 5.75 Å². The molecule has 0 aromatic heterocycles. The molecule has 0 aliphatic heterocycles. The highest BCUT2D eigenvalue weighted by atomic mass is 16.5. The highest BCUT2D eigenvalue weighted by Gasteiger charge is 2.18. The van der Waals surface area contributed by atoms with Crippen LogP contribution in [0.25, 0.3) is 0 Å². The molecule has 19 heavy (non-hydrogen) atoms. The number of aryl methyl sites for hydroxylation is 1. The van der Waals surface area contributed by atoms with Crippen LogP contribution in [0.2, 0.25) is 0 Å². The summed E-state index contributed by atoms with van der Waals surface area (Å²) in [5, 5.41) is 6.92. The van der Waals surface area contributed by atoms with Crippen molar-refractivity contribution in [1.29, 1.82) is 0 Å². The normalized spacial score (nSPS) is 12.8. The number of hydrogen-bond acceptors (Lipinski definition) is 3. The van der Waals surface area contributed by atoms with Crippen LogP contribution in [0.3, 0.4) is 0 Å². The number of benzene rings is 1. The molecule has 0 radical (unpaired) electrons. The third-order valence-electron chi connectivity index (χ3n) is 3.76. The van der Waals surface area contributed by atoms with E-state index in [0.29, 0.717) is 12.1 Å². The van der Waals surface area contributed by atoms with Gasteiger partial charge in [-0.3, -0.25) is 0 Å². The maximum atomic E-state index is 5.44. The molecule has 2 N–H and O–H groups in total. The molecule has 1 aromatic carbocycles. The summed E-state index contributed by atoms with van der Waals surface area (Å²) in [5.41, 5.74) is 5.22. The van der Waals surface area contributed by atoms with Gasteiger partial charge in [0.2, 0.25) is 0 Å². The summed E-state index contributed by atoms with van der Waals surface area (Å²) in [6, 6.07) is 2.96. The molecule has 3 nitrogen and oxygen atoms in total. The fraction of sp³-hybridized carbons (Fsp3) is 0.625. The Morgan fingerprint density at radius 1 is 1.16 bits per heavy atom. The average molecular weight is 264 g/mol. The van der Waals surface area contributed by atoms with Gasteiger partial charge in [-0.2, -0.15) is 0 Å². The summed E-state index contributed by atoms with van der Waals surface area (Å²) in [7, 11) is 3.75. The molecular weight excluding hydrogens is 236 g/mol. The predicted molar refractivity (Wildman–Crippen MR) is 82.1 cm³/mol. The number of nitrogens with one attached hydrogen (secondary N) is 2. The molecule has 108 valence electrons. The first-order valence-corrected chi connectivity index (χ1v) is 6.97. The van der Waals surface area contributed by atoms with Crippen molar-refractivity contribution in [2.24, 2.45) is 0 Å². The standard InChI is InChI=1S/C16H28N2O/c1-10(2)18-9-14(17-6)16-11(3)8-15(19-7)12(4)13(16)5/h8,10,14,17-18H,9H2,1-7H3. The molecular formula is C16H28N2O. The third-order valence-corrected chi connectivity index (χ3v) is 3.76. The molecule has 0 bridgehead atoms. The molecule has 1 atom stereocenters. The van der Waals surface area contributed by atoms with Crippen LogP contribution in [0.1, 0.15) is 42.1 Å². The van der Waals surface area contributed by atoms with Gasteiger partial charge < -0.3 is 15.4 Å². The SMILES string of the molecule is CNC(CNC(C)C)c1c(C)cc(OC)c(C)c1C. The highest BCUT2D eigenvalue weighted by Crippen LogP contribution is 2.31. The summed E-state index contributed by atoms with van der Waals surface area (Å²) in [5.74, 6) is 0.977. The molecule has 1 aromatic rings. The number of methoxy groups -OCH3 is 1. The molecule has 0 amide bonds. The van der Waals surface area contributed by atoms with Gasteiger partial charge in [0.05, 0.1) is 7.11 Å². The minimum absolute atomic E-state index is 0.326. The zero-order chi connectivity index (χ0) is 14.6. The number of rotatable bonds is 6. The lowest BCUT2D eigenvalue weighted by Crippen LogP contribution is -2.34. The van der Waals surface area contributed by atoms with Crippen LogP contribution in [-0.2, 0) is 0 Å². The second kappa shape index (κ2) is 6.92. The van der Waals surface area contributed by atoms with Gasteiger partial charge in [0, 0.05) is 18.6 Å². The van der Waals surface area contributed by atoms with Gasteiger partial charge in [0.15, 0.2) is 0 Å². The van der Waals surface area contributed by atoms with E-state index in [1.807, 2.05) is 7.05 Å². The molecule has 0 saturated heterocycles. The molecule has 3 heteroatoms. The largest absolute Gasteiger partial charge is 0.496 e. The van der Waals surface area contributed by atoms with Crippen LogP contribution in [0.4, 0.5) is 0 Å². The van der Waals surface area contributed by atoms with E-state index in [1.165, 1.54) is 22.3 Å². The van der Waals surface area contributed by atoms with E-state index in [1.54, 1.807) is 7.11 Å². The quantitative estimate of drug-likeness (QED) is 0.829. The van der Waals surface area contributed by atoms with Gasteiger partial charge in [0.25, 0.3) is 0 Å². The van der Waals surface area contributed by atoms with Crippen LogP contribution < -0.4 is 15.4 Å². The van der Waals surface area contributed by atoms with Crippen molar-refractivity contribution in [3.8, 4) is 5.75 Å². The molecule has 1 unspecified atom stereocenters. The molecule has 0 heterocycles. The lowest BCUT2D eigenvalue weighted by molar-refractivity contribution is 0.410. The smallest absolute Gasteiger partial charge is 0.122 e. The van der Waals surface area contributed by atoms with Crippen molar-refractivity contribution in [3.63, 3.8) is 0 Å². The minimum Gasteiger partial charge on any atom is -0.496 e. The van der Waals surface area contributed by atoms with Gasteiger partial charge in [-0.25, -0.2) is 0 Å². The molecule has 0 fully saturated rings. The maximum absolute atomic E-state index is 5.44. The maximum Gasteiger partial charge on any atom is 0.122 e.